The zero-order chi connectivity index (χ0) is 19.4. The number of amides is 2. The summed E-state index contributed by atoms with van der Waals surface area (Å²) >= 11 is 0. The molecular weight excluding hydrogens is 322 g/mol. The molecule has 7 nitrogen and oxygen atoms in total. The fraction of sp³-hybridized carbons (Fsp3) is 0.556. The second-order valence-corrected chi connectivity index (χ2v) is 5.94. The predicted molar refractivity (Wildman–Crippen MR) is 94.6 cm³/mol. The zero-order valence-corrected chi connectivity index (χ0v) is 15.4. The van der Waals surface area contributed by atoms with Crippen LogP contribution in [0, 0.1) is 5.92 Å². The Kier molecular flexibility index (Phi) is 10.7. The molecule has 0 bridgehead atoms. The van der Waals surface area contributed by atoms with Gasteiger partial charge < -0.3 is 10.3 Å². The number of nitrogens with zero attached hydrogens (tertiary/aromatic N) is 3. The van der Waals surface area contributed by atoms with E-state index in [4.69, 9.17) is 5.53 Å². The average molecular weight is 349 g/mol. The van der Waals surface area contributed by atoms with Crippen LogP contribution in [0.4, 0.5) is 0 Å². The van der Waals surface area contributed by atoms with Gasteiger partial charge in [-0.2, -0.15) is 4.79 Å². The predicted octanol–water partition coefficient (Wildman–Crippen LogP) is 2.53. The Bertz CT molecular complexity index is 585. The Balaban J connectivity index is 5.07. The Labute approximate surface area is 149 Å². The number of allylic oxidation sites excluding steroid dienone is 2. The number of hydrogen-bond donors (Lipinski definition) is 0. The number of rotatable bonds is 10. The molecule has 0 rings (SSSR count). The zero-order valence-electron chi connectivity index (χ0n) is 15.4. The van der Waals surface area contributed by atoms with Gasteiger partial charge in [-0.15, -0.1) is 6.58 Å². The molecule has 0 aromatic carbocycles. The van der Waals surface area contributed by atoms with Crippen molar-refractivity contribution in [2.24, 2.45) is 5.92 Å². The minimum atomic E-state index is -1.08. The third-order valence-electron chi connectivity index (χ3n) is 3.36. The smallest absolute Gasteiger partial charge is 0.457 e. The van der Waals surface area contributed by atoms with Crippen LogP contribution in [0.1, 0.15) is 47.0 Å². The number of imide groups is 1. The Hall–Kier alpha value is -2.53. The van der Waals surface area contributed by atoms with Gasteiger partial charge in [0.15, 0.2) is 0 Å². The molecule has 0 saturated carbocycles. The maximum absolute atomic E-state index is 12.4. The lowest BCUT2D eigenvalue weighted by atomic mass is 10.00. The molecule has 0 N–H and O–H groups in total. The van der Waals surface area contributed by atoms with Gasteiger partial charge in [0, 0.05) is 13.0 Å². The molecule has 138 valence electrons. The molecular formula is C18H27N3O4. The molecule has 7 heteroatoms. The van der Waals surface area contributed by atoms with Crippen LogP contribution in [0.15, 0.2) is 24.3 Å². The van der Waals surface area contributed by atoms with Crippen molar-refractivity contribution >= 4 is 23.5 Å². The first-order valence-corrected chi connectivity index (χ1v) is 8.26. The van der Waals surface area contributed by atoms with Crippen molar-refractivity contribution in [1.29, 1.82) is 0 Å². The topological polar surface area (TPSA) is 100 Å². The van der Waals surface area contributed by atoms with Crippen LogP contribution in [0.25, 0.3) is 5.53 Å². The Morgan fingerprint density at radius 1 is 1.32 bits per heavy atom. The van der Waals surface area contributed by atoms with Crippen molar-refractivity contribution in [2.75, 3.05) is 13.2 Å². The number of carbonyl (C=O) groups is 3. The molecule has 0 spiro atoms. The number of carbonyl (C=O) groups excluding carboxylic acids is 3. The van der Waals surface area contributed by atoms with Gasteiger partial charge in [0.05, 0.1) is 6.61 Å². The van der Waals surface area contributed by atoms with Crippen LogP contribution in [-0.2, 0) is 19.1 Å². The van der Waals surface area contributed by atoms with E-state index in [2.05, 4.69) is 22.2 Å². The lowest BCUT2D eigenvalue weighted by molar-refractivity contribution is -0.147. The summed E-state index contributed by atoms with van der Waals surface area (Å²) in [6.07, 6.45) is 5.23. The molecule has 0 fully saturated rings. The molecule has 0 aromatic rings. The fourth-order valence-corrected chi connectivity index (χ4v) is 2.09. The molecule has 1 unspecified atom stereocenters. The third-order valence-corrected chi connectivity index (χ3v) is 3.36. The van der Waals surface area contributed by atoms with Crippen LogP contribution in [0.5, 0.6) is 0 Å². The second kappa shape index (κ2) is 11.9. The average Bonchev–Trinajstić information content (AvgIpc) is 2.52. The SMILES string of the molecule is C=CCN(C(=O)CC(C)CCC=C(C)C)C(=O)C(=[N+]=[N-])C(=O)OCC. The maximum atomic E-state index is 12.4. The van der Waals surface area contributed by atoms with Crippen molar-refractivity contribution in [2.45, 2.75) is 47.0 Å². The summed E-state index contributed by atoms with van der Waals surface area (Å²) in [7, 11) is 0. The van der Waals surface area contributed by atoms with E-state index >= 15 is 0 Å². The number of ether oxygens (including phenoxy) is 1. The highest BCUT2D eigenvalue weighted by Crippen LogP contribution is 2.14. The number of esters is 1. The molecule has 0 saturated heterocycles. The van der Waals surface area contributed by atoms with Gasteiger partial charge in [-0.05, 0) is 39.5 Å². The van der Waals surface area contributed by atoms with Gasteiger partial charge >= 0.3 is 17.6 Å². The van der Waals surface area contributed by atoms with E-state index < -0.39 is 23.5 Å². The van der Waals surface area contributed by atoms with Crippen molar-refractivity contribution in [3.05, 3.63) is 29.8 Å². The van der Waals surface area contributed by atoms with E-state index in [1.54, 1.807) is 6.92 Å². The molecule has 0 radical (unpaired) electrons. The standard InChI is InChI=1S/C18H27N3O4/c1-6-11-21(17(23)16(20-19)18(24)25-7-2)15(22)12-14(5)10-8-9-13(3)4/h6,9,14H,1,7-8,10-12H2,2-5H3. The summed E-state index contributed by atoms with van der Waals surface area (Å²) in [5.41, 5.74) is 9.32. The van der Waals surface area contributed by atoms with Crippen LogP contribution in [0.3, 0.4) is 0 Å². The van der Waals surface area contributed by atoms with E-state index in [1.165, 1.54) is 11.6 Å². The first-order valence-electron chi connectivity index (χ1n) is 8.26. The lowest BCUT2D eigenvalue weighted by Gasteiger charge is -2.19. The molecule has 25 heavy (non-hydrogen) atoms. The fourth-order valence-electron chi connectivity index (χ4n) is 2.09. The molecule has 0 aliphatic carbocycles. The molecule has 0 aromatic heterocycles. The summed E-state index contributed by atoms with van der Waals surface area (Å²) < 4.78 is 4.66. The highest BCUT2D eigenvalue weighted by atomic mass is 16.5. The summed E-state index contributed by atoms with van der Waals surface area (Å²) in [5.74, 6) is -2.48. The van der Waals surface area contributed by atoms with Crippen LogP contribution in [0.2, 0.25) is 0 Å². The Morgan fingerprint density at radius 2 is 1.96 bits per heavy atom. The molecule has 0 heterocycles. The molecule has 0 aliphatic heterocycles. The first-order chi connectivity index (χ1) is 11.8. The lowest BCUT2D eigenvalue weighted by Crippen LogP contribution is -2.45. The van der Waals surface area contributed by atoms with Crippen molar-refractivity contribution < 1.29 is 23.9 Å². The summed E-state index contributed by atoms with van der Waals surface area (Å²) in [6.45, 7) is 10.9. The van der Waals surface area contributed by atoms with Crippen molar-refractivity contribution in [1.82, 2.24) is 4.90 Å². The van der Waals surface area contributed by atoms with E-state index in [-0.39, 0.29) is 25.5 Å². The maximum Gasteiger partial charge on any atom is 0.463 e. The Morgan fingerprint density at radius 3 is 2.44 bits per heavy atom. The van der Waals surface area contributed by atoms with Crippen molar-refractivity contribution in [3.8, 4) is 0 Å². The van der Waals surface area contributed by atoms with Crippen LogP contribution < -0.4 is 0 Å². The van der Waals surface area contributed by atoms with E-state index in [1.807, 2.05) is 20.8 Å². The molecule has 2 amide bonds. The summed E-state index contributed by atoms with van der Waals surface area (Å²) in [5, 5.41) is 0. The van der Waals surface area contributed by atoms with E-state index in [0.29, 0.717) is 0 Å². The van der Waals surface area contributed by atoms with Crippen LogP contribution in [-0.4, -0.2) is 46.3 Å². The van der Waals surface area contributed by atoms with Gasteiger partial charge in [0.1, 0.15) is 0 Å². The van der Waals surface area contributed by atoms with Gasteiger partial charge in [0.25, 0.3) is 0 Å². The molecule has 0 aliphatic rings. The normalized spacial score (nSPS) is 10.9. The van der Waals surface area contributed by atoms with Gasteiger partial charge in [0.2, 0.25) is 5.91 Å². The summed E-state index contributed by atoms with van der Waals surface area (Å²) in [6, 6.07) is 0. The number of hydrogen-bond acceptors (Lipinski definition) is 4. The van der Waals surface area contributed by atoms with Gasteiger partial charge in [-0.1, -0.05) is 24.6 Å². The third kappa shape index (κ3) is 8.22. The second-order valence-electron chi connectivity index (χ2n) is 5.94. The van der Waals surface area contributed by atoms with Gasteiger partial charge in [-0.25, -0.2) is 4.79 Å². The van der Waals surface area contributed by atoms with Crippen molar-refractivity contribution in [3.63, 3.8) is 0 Å². The quantitative estimate of drug-likeness (QED) is 0.151. The largest absolute Gasteiger partial charge is 0.463 e. The highest BCUT2D eigenvalue weighted by Gasteiger charge is 2.37. The van der Waals surface area contributed by atoms with E-state index in [0.717, 1.165) is 17.7 Å². The minimum Gasteiger partial charge on any atom is -0.457 e. The monoisotopic (exact) mass is 349 g/mol. The molecule has 1 atom stereocenters. The van der Waals surface area contributed by atoms with Crippen LogP contribution >= 0.6 is 0 Å². The summed E-state index contributed by atoms with van der Waals surface area (Å²) in [4.78, 5) is 40.0. The van der Waals surface area contributed by atoms with Gasteiger partial charge in [-0.3, -0.25) is 14.5 Å². The van der Waals surface area contributed by atoms with E-state index in [9.17, 15) is 14.4 Å². The minimum absolute atomic E-state index is 0.0158. The highest BCUT2D eigenvalue weighted by molar-refractivity contribution is 6.62. The first kappa shape index (κ1) is 22.5.